The molecule has 0 aromatic carbocycles. The molecule has 1 amide bonds. The quantitative estimate of drug-likeness (QED) is 0.787. The topological polar surface area (TPSA) is 66.4 Å². The fraction of sp³-hybridized carbons (Fsp3) is 0.333. The number of amides is 1. The summed E-state index contributed by atoms with van der Waals surface area (Å²) in [5.41, 5.74) is 1.51. The van der Waals surface area contributed by atoms with E-state index in [-0.39, 0.29) is 17.1 Å². The summed E-state index contributed by atoms with van der Waals surface area (Å²) in [4.78, 5) is 22.3. The summed E-state index contributed by atoms with van der Waals surface area (Å²) < 4.78 is 0. The van der Waals surface area contributed by atoms with Gasteiger partial charge in [-0.05, 0) is 42.7 Å². The van der Waals surface area contributed by atoms with E-state index in [9.17, 15) is 9.59 Å². The normalized spacial score (nSPS) is 11.9. The number of thiophene rings is 1. The van der Waals surface area contributed by atoms with Crippen LogP contribution in [-0.2, 0) is 16.0 Å². The fourth-order valence-corrected chi connectivity index (χ4v) is 1.92. The van der Waals surface area contributed by atoms with Gasteiger partial charge in [-0.2, -0.15) is 11.3 Å². The molecule has 92 valence electrons. The number of carbonyl (C=O) groups excluding carboxylic acids is 1. The molecule has 0 aliphatic rings. The van der Waals surface area contributed by atoms with E-state index in [1.807, 2.05) is 16.8 Å². The Labute approximate surface area is 104 Å². The van der Waals surface area contributed by atoms with E-state index < -0.39 is 5.97 Å². The molecule has 1 heterocycles. The Kier molecular flexibility index (Phi) is 4.90. The summed E-state index contributed by atoms with van der Waals surface area (Å²) in [5, 5.41) is 15.4. The monoisotopic (exact) mass is 253 g/mol. The first kappa shape index (κ1) is 13.4. The van der Waals surface area contributed by atoms with Crippen LogP contribution in [0.3, 0.4) is 0 Å². The van der Waals surface area contributed by atoms with Crippen LogP contribution in [0.2, 0.25) is 0 Å². The Bertz CT molecular complexity index is 435. The molecule has 1 rings (SSSR count). The first-order valence-corrected chi connectivity index (χ1v) is 6.16. The second kappa shape index (κ2) is 6.20. The van der Waals surface area contributed by atoms with Gasteiger partial charge in [-0.3, -0.25) is 4.79 Å². The number of carbonyl (C=O) groups is 2. The summed E-state index contributed by atoms with van der Waals surface area (Å²) in [5.74, 6) is -1.38. The highest BCUT2D eigenvalue weighted by Crippen LogP contribution is 2.06. The molecular weight excluding hydrogens is 238 g/mol. The molecular formula is C12H15NO3S. The smallest absolute Gasteiger partial charge is 0.331 e. The maximum atomic E-state index is 11.6. The average Bonchev–Trinajstić information content (AvgIpc) is 2.79. The van der Waals surface area contributed by atoms with Gasteiger partial charge in [-0.1, -0.05) is 0 Å². The second-order valence-electron chi connectivity index (χ2n) is 3.69. The number of hydrogen-bond donors (Lipinski definition) is 2. The van der Waals surface area contributed by atoms with Crippen molar-refractivity contribution in [3.8, 4) is 0 Å². The Morgan fingerprint density at radius 1 is 1.35 bits per heavy atom. The number of rotatable bonds is 5. The molecule has 0 bridgehead atoms. The molecule has 0 aliphatic carbocycles. The summed E-state index contributed by atoms with van der Waals surface area (Å²) >= 11 is 1.61. The van der Waals surface area contributed by atoms with Crippen LogP contribution in [0.5, 0.6) is 0 Å². The molecule has 4 nitrogen and oxygen atoms in total. The Balaban J connectivity index is 2.45. The Morgan fingerprint density at radius 3 is 2.59 bits per heavy atom. The number of carboxylic acids is 1. The van der Waals surface area contributed by atoms with Gasteiger partial charge in [-0.25, -0.2) is 4.79 Å². The van der Waals surface area contributed by atoms with Crippen molar-refractivity contribution < 1.29 is 14.7 Å². The van der Waals surface area contributed by atoms with Crippen molar-refractivity contribution in [2.45, 2.75) is 20.3 Å². The van der Waals surface area contributed by atoms with Crippen LogP contribution >= 0.6 is 11.3 Å². The summed E-state index contributed by atoms with van der Waals surface area (Å²) in [6.07, 6.45) is 0.759. The van der Waals surface area contributed by atoms with Gasteiger partial charge in [-0.15, -0.1) is 0 Å². The molecule has 2 N–H and O–H groups in total. The van der Waals surface area contributed by atoms with Gasteiger partial charge in [0.25, 0.3) is 0 Å². The maximum Gasteiger partial charge on any atom is 0.331 e. The van der Waals surface area contributed by atoms with Crippen LogP contribution in [0.1, 0.15) is 19.4 Å². The third-order valence-corrected chi connectivity index (χ3v) is 3.24. The molecule has 0 aliphatic heterocycles. The maximum absolute atomic E-state index is 11.6. The Hall–Kier alpha value is -1.62. The van der Waals surface area contributed by atoms with E-state index in [0.29, 0.717) is 6.54 Å². The highest BCUT2D eigenvalue weighted by atomic mass is 32.1. The minimum atomic E-state index is -1.06. The zero-order chi connectivity index (χ0) is 12.8. The lowest BCUT2D eigenvalue weighted by atomic mass is 10.1. The third-order valence-electron chi connectivity index (χ3n) is 2.50. The fourth-order valence-electron chi connectivity index (χ4n) is 1.22. The predicted molar refractivity (Wildman–Crippen MR) is 67.0 cm³/mol. The van der Waals surface area contributed by atoms with E-state index in [2.05, 4.69) is 5.32 Å². The minimum absolute atomic E-state index is 0.0815. The largest absolute Gasteiger partial charge is 0.478 e. The van der Waals surface area contributed by atoms with Crippen LogP contribution in [0.4, 0.5) is 0 Å². The van der Waals surface area contributed by atoms with Gasteiger partial charge in [0.15, 0.2) is 0 Å². The minimum Gasteiger partial charge on any atom is -0.478 e. The lowest BCUT2D eigenvalue weighted by Crippen LogP contribution is -2.27. The van der Waals surface area contributed by atoms with Crippen molar-refractivity contribution in [1.82, 2.24) is 5.32 Å². The number of carboxylic acid groups (broad SMARTS) is 1. The second-order valence-corrected chi connectivity index (χ2v) is 4.47. The van der Waals surface area contributed by atoms with E-state index in [4.69, 9.17) is 5.11 Å². The van der Waals surface area contributed by atoms with Crippen LogP contribution in [0.25, 0.3) is 0 Å². The van der Waals surface area contributed by atoms with Gasteiger partial charge < -0.3 is 10.4 Å². The van der Waals surface area contributed by atoms with Crippen molar-refractivity contribution in [1.29, 1.82) is 0 Å². The van der Waals surface area contributed by atoms with Gasteiger partial charge in [0, 0.05) is 17.7 Å². The standard InChI is InChI=1S/C12H15NO3S/c1-8(9(2)12(15)16)11(14)13-5-3-10-4-6-17-7-10/h4,6-7H,3,5H2,1-2H3,(H,13,14)(H,15,16). The van der Waals surface area contributed by atoms with Crippen LogP contribution < -0.4 is 5.32 Å². The zero-order valence-electron chi connectivity index (χ0n) is 9.82. The molecule has 0 fully saturated rings. The number of hydrogen-bond acceptors (Lipinski definition) is 3. The van der Waals surface area contributed by atoms with Gasteiger partial charge in [0.2, 0.25) is 5.91 Å². The molecule has 0 saturated heterocycles. The van der Waals surface area contributed by atoms with Crippen molar-refractivity contribution in [3.63, 3.8) is 0 Å². The average molecular weight is 253 g/mol. The van der Waals surface area contributed by atoms with Gasteiger partial charge >= 0.3 is 5.97 Å². The highest BCUT2D eigenvalue weighted by molar-refractivity contribution is 7.07. The lowest BCUT2D eigenvalue weighted by molar-refractivity contribution is -0.133. The van der Waals surface area contributed by atoms with Crippen molar-refractivity contribution in [2.24, 2.45) is 0 Å². The van der Waals surface area contributed by atoms with Gasteiger partial charge in [0.05, 0.1) is 0 Å². The molecule has 0 radical (unpaired) electrons. The van der Waals surface area contributed by atoms with E-state index >= 15 is 0 Å². The third kappa shape index (κ3) is 4.03. The first-order chi connectivity index (χ1) is 8.02. The predicted octanol–water partition coefficient (Wildman–Crippen LogP) is 1.83. The molecule has 0 atom stereocenters. The van der Waals surface area contributed by atoms with E-state index in [1.54, 1.807) is 11.3 Å². The molecule has 5 heteroatoms. The lowest BCUT2D eigenvalue weighted by Gasteiger charge is -2.06. The molecule has 0 unspecified atom stereocenters. The molecule has 0 saturated carbocycles. The van der Waals surface area contributed by atoms with Crippen LogP contribution in [0, 0.1) is 0 Å². The number of aliphatic carboxylic acids is 1. The highest BCUT2D eigenvalue weighted by Gasteiger charge is 2.11. The van der Waals surface area contributed by atoms with Crippen molar-refractivity contribution in [2.75, 3.05) is 6.54 Å². The summed E-state index contributed by atoms with van der Waals surface area (Å²) in [6, 6.07) is 2.00. The van der Waals surface area contributed by atoms with Crippen LogP contribution in [-0.4, -0.2) is 23.5 Å². The first-order valence-electron chi connectivity index (χ1n) is 5.22. The SMILES string of the molecule is CC(C(=O)O)=C(C)C(=O)NCCc1ccsc1. The van der Waals surface area contributed by atoms with E-state index in [0.717, 1.165) is 6.42 Å². The van der Waals surface area contributed by atoms with Crippen molar-refractivity contribution in [3.05, 3.63) is 33.5 Å². The molecule has 0 spiro atoms. The molecule has 1 aromatic heterocycles. The Morgan fingerprint density at radius 2 is 2.06 bits per heavy atom. The van der Waals surface area contributed by atoms with Crippen molar-refractivity contribution >= 4 is 23.2 Å². The van der Waals surface area contributed by atoms with E-state index in [1.165, 1.54) is 19.4 Å². The van der Waals surface area contributed by atoms with Crippen LogP contribution in [0.15, 0.2) is 28.0 Å². The van der Waals surface area contributed by atoms with Gasteiger partial charge in [0.1, 0.15) is 0 Å². The summed E-state index contributed by atoms with van der Waals surface area (Å²) in [6.45, 7) is 3.46. The molecule has 1 aromatic rings. The zero-order valence-corrected chi connectivity index (χ0v) is 10.6. The summed E-state index contributed by atoms with van der Waals surface area (Å²) in [7, 11) is 0. The molecule has 17 heavy (non-hydrogen) atoms. The number of nitrogens with one attached hydrogen (secondary N) is 1.